The van der Waals surface area contributed by atoms with Gasteiger partial charge in [0, 0.05) is 36.8 Å². The van der Waals surface area contributed by atoms with E-state index in [2.05, 4.69) is 5.32 Å². The summed E-state index contributed by atoms with van der Waals surface area (Å²) in [5.74, 6) is -0.0714. The van der Waals surface area contributed by atoms with Crippen LogP contribution in [0.2, 0.25) is 0 Å². The predicted molar refractivity (Wildman–Crippen MR) is 114 cm³/mol. The van der Waals surface area contributed by atoms with Crippen LogP contribution < -0.4 is 5.32 Å². The SMILES string of the molecule is CSc1ccc(NC(=O)CN2CCN(S(=O)(=O)Cc3ccccc3)CC2)cc1. The van der Waals surface area contributed by atoms with Gasteiger partial charge in [-0.2, -0.15) is 4.31 Å². The zero-order valence-corrected chi connectivity index (χ0v) is 17.5. The molecule has 1 fully saturated rings. The molecule has 1 amide bonds. The molecule has 0 radical (unpaired) electrons. The third-order valence-corrected chi connectivity index (χ3v) is 7.25. The van der Waals surface area contributed by atoms with E-state index in [1.807, 2.05) is 65.8 Å². The summed E-state index contributed by atoms with van der Waals surface area (Å²) in [6, 6.07) is 16.9. The number of carbonyl (C=O) groups excluding carboxylic acids is 1. The minimum absolute atomic E-state index is 0.0143. The summed E-state index contributed by atoms with van der Waals surface area (Å²) in [6.45, 7) is 2.17. The second kappa shape index (κ2) is 9.56. The molecule has 1 saturated heterocycles. The molecule has 0 bridgehead atoms. The van der Waals surface area contributed by atoms with Crippen LogP contribution in [0.25, 0.3) is 0 Å². The van der Waals surface area contributed by atoms with Crippen molar-refractivity contribution in [2.24, 2.45) is 0 Å². The molecule has 2 aromatic rings. The zero-order chi connectivity index (χ0) is 20.0. The van der Waals surface area contributed by atoms with Crippen molar-refractivity contribution in [2.45, 2.75) is 10.6 Å². The lowest BCUT2D eigenvalue weighted by Crippen LogP contribution is -2.50. The van der Waals surface area contributed by atoms with Crippen LogP contribution in [0.5, 0.6) is 0 Å². The Hall–Kier alpha value is -1.87. The first-order valence-corrected chi connectivity index (χ1v) is 12.0. The van der Waals surface area contributed by atoms with Gasteiger partial charge in [0.25, 0.3) is 0 Å². The number of rotatable bonds is 7. The van der Waals surface area contributed by atoms with E-state index in [0.29, 0.717) is 26.2 Å². The number of anilines is 1. The van der Waals surface area contributed by atoms with Crippen LogP contribution in [0.3, 0.4) is 0 Å². The molecule has 3 rings (SSSR count). The highest BCUT2D eigenvalue weighted by Gasteiger charge is 2.27. The number of thioether (sulfide) groups is 1. The van der Waals surface area contributed by atoms with E-state index in [9.17, 15) is 13.2 Å². The van der Waals surface area contributed by atoms with Gasteiger partial charge in [-0.1, -0.05) is 30.3 Å². The van der Waals surface area contributed by atoms with Crippen molar-refractivity contribution in [1.82, 2.24) is 9.21 Å². The topological polar surface area (TPSA) is 69.7 Å². The molecule has 1 aliphatic rings. The second-order valence-electron chi connectivity index (χ2n) is 6.69. The van der Waals surface area contributed by atoms with Gasteiger partial charge in [-0.15, -0.1) is 11.8 Å². The zero-order valence-electron chi connectivity index (χ0n) is 15.9. The number of hydrogen-bond donors (Lipinski definition) is 1. The monoisotopic (exact) mass is 419 g/mol. The molecular formula is C20H25N3O3S2. The number of amides is 1. The molecule has 0 atom stereocenters. The van der Waals surface area contributed by atoms with Gasteiger partial charge in [0.2, 0.25) is 15.9 Å². The molecule has 6 nitrogen and oxygen atoms in total. The minimum Gasteiger partial charge on any atom is -0.325 e. The first-order valence-electron chi connectivity index (χ1n) is 9.14. The fraction of sp³-hybridized carbons (Fsp3) is 0.350. The van der Waals surface area contributed by atoms with Crippen molar-refractivity contribution in [3.05, 3.63) is 60.2 Å². The predicted octanol–water partition coefficient (Wildman–Crippen LogP) is 2.49. The van der Waals surface area contributed by atoms with Gasteiger partial charge < -0.3 is 5.32 Å². The molecule has 0 aromatic heterocycles. The summed E-state index contributed by atoms with van der Waals surface area (Å²) in [6.07, 6.45) is 2.01. The Kier molecular flexibility index (Phi) is 7.12. The Labute approximate surface area is 171 Å². The fourth-order valence-corrected chi connectivity index (χ4v) is 5.04. The van der Waals surface area contributed by atoms with Gasteiger partial charge >= 0.3 is 0 Å². The maximum absolute atomic E-state index is 12.6. The van der Waals surface area contributed by atoms with Crippen LogP contribution in [0, 0.1) is 0 Å². The van der Waals surface area contributed by atoms with Gasteiger partial charge in [-0.3, -0.25) is 9.69 Å². The molecule has 1 heterocycles. The van der Waals surface area contributed by atoms with Crippen LogP contribution in [0.1, 0.15) is 5.56 Å². The Morgan fingerprint density at radius 1 is 1.00 bits per heavy atom. The first kappa shape index (κ1) is 20.9. The number of benzene rings is 2. The van der Waals surface area contributed by atoms with Crippen molar-refractivity contribution >= 4 is 33.4 Å². The first-order chi connectivity index (χ1) is 13.5. The van der Waals surface area contributed by atoms with E-state index in [1.165, 1.54) is 4.31 Å². The molecule has 0 saturated carbocycles. The van der Waals surface area contributed by atoms with Crippen LogP contribution in [-0.2, 0) is 20.6 Å². The van der Waals surface area contributed by atoms with Gasteiger partial charge in [-0.05, 0) is 36.1 Å². The Morgan fingerprint density at radius 3 is 2.25 bits per heavy atom. The number of piperazine rings is 1. The van der Waals surface area contributed by atoms with Crippen LogP contribution in [0.15, 0.2) is 59.5 Å². The lowest BCUT2D eigenvalue weighted by Gasteiger charge is -2.33. The number of sulfonamides is 1. The van der Waals surface area contributed by atoms with E-state index >= 15 is 0 Å². The van der Waals surface area contributed by atoms with Crippen molar-refractivity contribution < 1.29 is 13.2 Å². The number of nitrogens with one attached hydrogen (secondary N) is 1. The molecule has 1 aliphatic heterocycles. The van der Waals surface area contributed by atoms with Crippen molar-refractivity contribution in [3.63, 3.8) is 0 Å². The molecule has 2 aromatic carbocycles. The molecular weight excluding hydrogens is 394 g/mol. The average Bonchev–Trinajstić information content (AvgIpc) is 2.69. The highest BCUT2D eigenvalue weighted by molar-refractivity contribution is 7.98. The molecule has 150 valence electrons. The normalized spacial score (nSPS) is 16.0. The maximum atomic E-state index is 12.6. The molecule has 0 unspecified atom stereocenters. The quantitative estimate of drug-likeness (QED) is 0.699. The van der Waals surface area contributed by atoms with Crippen LogP contribution >= 0.6 is 11.8 Å². The third kappa shape index (κ3) is 5.81. The van der Waals surface area contributed by atoms with Gasteiger partial charge in [0.15, 0.2) is 0 Å². The highest BCUT2D eigenvalue weighted by atomic mass is 32.2. The van der Waals surface area contributed by atoms with Crippen LogP contribution in [-0.4, -0.2) is 62.5 Å². The summed E-state index contributed by atoms with van der Waals surface area (Å²) >= 11 is 1.65. The number of nitrogens with zero attached hydrogens (tertiary/aromatic N) is 2. The lowest BCUT2D eigenvalue weighted by molar-refractivity contribution is -0.117. The smallest absolute Gasteiger partial charge is 0.238 e. The Balaban J connectivity index is 1.47. The van der Waals surface area contributed by atoms with E-state index in [-0.39, 0.29) is 18.2 Å². The van der Waals surface area contributed by atoms with Crippen molar-refractivity contribution in [3.8, 4) is 0 Å². The van der Waals surface area contributed by atoms with E-state index < -0.39 is 10.0 Å². The molecule has 1 N–H and O–H groups in total. The van der Waals surface area contributed by atoms with Gasteiger partial charge in [0.05, 0.1) is 12.3 Å². The summed E-state index contributed by atoms with van der Waals surface area (Å²) in [5.41, 5.74) is 1.56. The standard InChI is InChI=1S/C20H25N3O3S2/c1-27-19-9-7-18(8-10-19)21-20(24)15-22-11-13-23(14-12-22)28(25,26)16-17-5-3-2-4-6-17/h2-10H,11-16H2,1H3,(H,21,24). The molecule has 28 heavy (non-hydrogen) atoms. The van der Waals surface area contributed by atoms with Gasteiger partial charge in [0.1, 0.15) is 0 Å². The second-order valence-corrected chi connectivity index (χ2v) is 9.54. The van der Waals surface area contributed by atoms with Crippen molar-refractivity contribution in [2.75, 3.05) is 44.3 Å². The number of hydrogen-bond acceptors (Lipinski definition) is 5. The minimum atomic E-state index is -3.34. The molecule has 0 aliphatic carbocycles. The molecule has 8 heteroatoms. The maximum Gasteiger partial charge on any atom is 0.238 e. The fourth-order valence-electron chi connectivity index (χ4n) is 3.12. The van der Waals surface area contributed by atoms with Crippen molar-refractivity contribution in [1.29, 1.82) is 0 Å². The van der Waals surface area contributed by atoms with E-state index in [0.717, 1.165) is 16.1 Å². The summed E-state index contributed by atoms with van der Waals surface area (Å²) < 4.78 is 26.7. The molecule has 0 spiro atoms. The Bertz CT molecular complexity index is 879. The summed E-state index contributed by atoms with van der Waals surface area (Å²) in [5, 5.41) is 2.89. The lowest BCUT2D eigenvalue weighted by atomic mass is 10.2. The summed E-state index contributed by atoms with van der Waals surface area (Å²) in [7, 11) is -3.34. The third-order valence-electron chi connectivity index (χ3n) is 4.66. The van der Waals surface area contributed by atoms with E-state index in [1.54, 1.807) is 11.8 Å². The average molecular weight is 420 g/mol. The number of carbonyl (C=O) groups is 1. The highest BCUT2D eigenvalue weighted by Crippen LogP contribution is 2.18. The van der Waals surface area contributed by atoms with Gasteiger partial charge in [-0.25, -0.2) is 8.42 Å². The van der Waals surface area contributed by atoms with E-state index in [4.69, 9.17) is 0 Å². The Morgan fingerprint density at radius 2 is 1.64 bits per heavy atom. The summed E-state index contributed by atoms with van der Waals surface area (Å²) in [4.78, 5) is 15.4. The largest absolute Gasteiger partial charge is 0.325 e. The van der Waals surface area contributed by atoms with Crippen LogP contribution in [0.4, 0.5) is 5.69 Å².